The smallest absolute Gasteiger partial charge is 0.128 e. The highest BCUT2D eigenvalue weighted by Gasteiger charge is 2.04. The minimum absolute atomic E-state index is 0.524. The maximum absolute atomic E-state index is 6.00. The van der Waals surface area contributed by atoms with Crippen LogP contribution in [-0.2, 0) is 6.61 Å². The van der Waals surface area contributed by atoms with Gasteiger partial charge in [0, 0.05) is 10.0 Å². The average Bonchev–Trinajstić information content (AvgIpc) is 2.62. The highest BCUT2D eigenvalue weighted by molar-refractivity contribution is 9.10. The lowest BCUT2D eigenvalue weighted by molar-refractivity contribution is 0.305. The van der Waals surface area contributed by atoms with Crippen molar-refractivity contribution in [3.05, 3.63) is 94.0 Å². The number of hydrazone groups is 1. The van der Waals surface area contributed by atoms with Crippen LogP contribution in [0.5, 0.6) is 5.75 Å². The highest BCUT2D eigenvalue weighted by atomic mass is 79.9. The number of halogens is 1. The third-order valence-electron chi connectivity index (χ3n) is 3.62. The number of benzene rings is 3. The van der Waals surface area contributed by atoms with Crippen LogP contribution >= 0.6 is 15.9 Å². The van der Waals surface area contributed by atoms with E-state index in [4.69, 9.17) is 4.74 Å². The van der Waals surface area contributed by atoms with E-state index in [0.29, 0.717) is 6.61 Å². The fraction of sp³-hybridized carbons (Fsp3) is 0.0952. The second-order valence-corrected chi connectivity index (χ2v) is 6.61. The Morgan fingerprint density at radius 2 is 1.84 bits per heavy atom. The van der Waals surface area contributed by atoms with Gasteiger partial charge in [-0.3, -0.25) is 5.43 Å². The summed E-state index contributed by atoms with van der Waals surface area (Å²) in [5.41, 5.74) is 7.24. The van der Waals surface area contributed by atoms with Gasteiger partial charge in [-0.05, 0) is 42.8 Å². The van der Waals surface area contributed by atoms with Crippen LogP contribution in [0.3, 0.4) is 0 Å². The number of ether oxygens (including phenoxy) is 1. The summed E-state index contributed by atoms with van der Waals surface area (Å²) >= 11 is 3.50. The average molecular weight is 395 g/mol. The molecule has 0 atom stereocenters. The first-order valence-electron chi connectivity index (χ1n) is 8.03. The molecule has 0 saturated heterocycles. The summed E-state index contributed by atoms with van der Waals surface area (Å²) in [6, 6.07) is 24.1. The van der Waals surface area contributed by atoms with E-state index in [2.05, 4.69) is 51.6 Å². The standard InChI is InChI=1S/C21H19BrN2O/c1-16-6-5-7-17(12-16)15-25-21-11-10-19(22)13-18(21)14-23-24-20-8-3-2-4-9-20/h2-14,24H,15H2,1H3. The third-order valence-corrected chi connectivity index (χ3v) is 4.11. The van der Waals surface area contributed by atoms with Gasteiger partial charge in [-0.2, -0.15) is 5.10 Å². The lowest BCUT2D eigenvalue weighted by Crippen LogP contribution is -1.99. The molecule has 0 radical (unpaired) electrons. The van der Waals surface area contributed by atoms with Crippen LogP contribution in [0, 0.1) is 6.92 Å². The van der Waals surface area contributed by atoms with Gasteiger partial charge < -0.3 is 4.74 Å². The van der Waals surface area contributed by atoms with Crippen molar-refractivity contribution < 1.29 is 4.74 Å². The van der Waals surface area contributed by atoms with Crippen molar-refractivity contribution in [2.45, 2.75) is 13.5 Å². The van der Waals surface area contributed by atoms with Crippen molar-refractivity contribution in [2.75, 3.05) is 5.43 Å². The molecule has 0 amide bonds. The topological polar surface area (TPSA) is 33.6 Å². The van der Waals surface area contributed by atoms with Crippen molar-refractivity contribution in [3.63, 3.8) is 0 Å². The molecule has 3 aromatic carbocycles. The first-order valence-corrected chi connectivity index (χ1v) is 8.82. The molecule has 3 nitrogen and oxygen atoms in total. The van der Waals surface area contributed by atoms with Gasteiger partial charge in [0.25, 0.3) is 0 Å². The summed E-state index contributed by atoms with van der Waals surface area (Å²) in [5.74, 6) is 0.795. The first-order chi connectivity index (χ1) is 12.2. The molecule has 0 fully saturated rings. The summed E-state index contributed by atoms with van der Waals surface area (Å²) in [4.78, 5) is 0. The van der Waals surface area contributed by atoms with E-state index in [0.717, 1.165) is 27.0 Å². The maximum Gasteiger partial charge on any atom is 0.128 e. The van der Waals surface area contributed by atoms with Gasteiger partial charge in [0.2, 0.25) is 0 Å². The van der Waals surface area contributed by atoms with Crippen LogP contribution in [0.25, 0.3) is 0 Å². The summed E-state index contributed by atoms with van der Waals surface area (Å²) in [6.45, 7) is 2.60. The number of aryl methyl sites for hydroxylation is 1. The van der Waals surface area contributed by atoms with Gasteiger partial charge in [0.1, 0.15) is 12.4 Å². The molecule has 0 unspecified atom stereocenters. The molecule has 3 aromatic rings. The molecular weight excluding hydrogens is 376 g/mol. The lowest BCUT2D eigenvalue weighted by atomic mass is 10.1. The van der Waals surface area contributed by atoms with Crippen molar-refractivity contribution >= 4 is 27.8 Å². The molecule has 0 saturated carbocycles. The summed E-state index contributed by atoms with van der Waals surface area (Å²) in [7, 11) is 0. The first kappa shape index (κ1) is 17.2. The monoisotopic (exact) mass is 394 g/mol. The van der Waals surface area contributed by atoms with E-state index in [9.17, 15) is 0 Å². The molecule has 0 aliphatic heterocycles. The quantitative estimate of drug-likeness (QED) is 0.424. The summed E-state index contributed by atoms with van der Waals surface area (Å²) in [6.07, 6.45) is 1.77. The van der Waals surface area contributed by atoms with Gasteiger partial charge in [-0.15, -0.1) is 0 Å². The van der Waals surface area contributed by atoms with Crippen LogP contribution in [0.4, 0.5) is 5.69 Å². The van der Waals surface area contributed by atoms with Gasteiger partial charge in [-0.1, -0.05) is 64.0 Å². The molecule has 0 aliphatic carbocycles. The fourth-order valence-corrected chi connectivity index (χ4v) is 2.78. The van der Waals surface area contributed by atoms with Crippen molar-refractivity contribution in [2.24, 2.45) is 5.10 Å². The van der Waals surface area contributed by atoms with E-state index < -0.39 is 0 Å². The Hall–Kier alpha value is -2.59. The summed E-state index contributed by atoms with van der Waals surface area (Å²) in [5, 5.41) is 4.31. The molecule has 1 N–H and O–H groups in total. The van der Waals surface area contributed by atoms with E-state index in [1.807, 2.05) is 54.6 Å². The number of para-hydroxylation sites is 1. The predicted molar refractivity (Wildman–Crippen MR) is 107 cm³/mol. The van der Waals surface area contributed by atoms with Gasteiger partial charge in [0.15, 0.2) is 0 Å². The number of nitrogens with one attached hydrogen (secondary N) is 1. The van der Waals surface area contributed by atoms with E-state index in [1.54, 1.807) is 6.21 Å². The zero-order chi connectivity index (χ0) is 17.5. The van der Waals surface area contributed by atoms with E-state index >= 15 is 0 Å². The third kappa shape index (κ3) is 5.19. The molecular formula is C21H19BrN2O. The SMILES string of the molecule is Cc1cccc(COc2ccc(Br)cc2C=NNc2ccccc2)c1. The molecule has 0 aromatic heterocycles. The van der Waals surface area contributed by atoms with Crippen LogP contribution in [0.15, 0.2) is 82.4 Å². The summed E-state index contributed by atoms with van der Waals surface area (Å²) < 4.78 is 6.98. The van der Waals surface area contributed by atoms with E-state index in [1.165, 1.54) is 5.56 Å². The fourth-order valence-electron chi connectivity index (χ4n) is 2.40. The molecule has 126 valence electrons. The minimum atomic E-state index is 0.524. The molecule has 25 heavy (non-hydrogen) atoms. The van der Waals surface area contributed by atoms with Crippen LogP contribution in [0.2, 0.25) is 0 Å². The highest BCUT2D eigenvalue weighted by Crippen LogP contribution is 2.23. The predicted octanol–water partition coefficient (Wildman–Crippen LogP) is 5.78. The number of rotatable bonds is 6. The second-order valence-electron chi connectivity index (χ2n) is 5.70. The number of hydrogen-bond donors (Lipinski definition) is 1. The molecule has 4 heteroatoms. The second kappa shape index (κ2) is 8.49. The van der Waals surface area contributed by atoms with Crippen molar-refractivity contribution in [1.82, 2.24) is 0 Å². The Morgan fingerprint density at radius 3 is 2.64 bits per heavy atom. The Bertz CT molecular complexity index is 863. The van der Waals surface area contributed by atoms with Crippen molar-refractivity contribution in [1.29, 1.82) is 0 Å². The van der Waals surface area contributed by atoms with Gasteiger partial charge in [0.05, 0.1) is 11.9 Å². The van der Waals surface area contributed by atoms with Crippen molar-refractivity contribution in [3.8, 4) is 5.75 Å². The Balaban J connectivity index is 1.71. The van der Waals surface area contributed by atoms with Gasteiger partial charge >= 0.3 is 0 Å². The number of nitrogens with zero attached hydrogens (tertiary/aromatic N) is 1. The maximum atomic E-state index is 6.00. The molecule has 0 spiro atoms. The normalized spacial score (nSPS) is 10.8. The van der Waals surface area contributed by atoms with Crippen LogP contribution in [-0.4, -0.2) is 6.21 Å². The van der Waals surface area contributed by atoms with E-state index in [-0.39, 0.29) is 0 Å². The van der Waals surface area contributed by atoms with Gasteiger partial charge in [-0.25, -0.2) is 0 Å². The minimum Gasteiger partial charge on any atom is -0.488 e. The Labute approximate surface area is 156 Å². The zero-order valence-electron chi connectivity index (χ0n) is 13.9. The Morgan fingerprint density at radius 1 is 1.00 bits per heavy atom. The number of hydrogen-bond acceptors (Lipinski definition) is 3. The molecule has 0 aliphatic rings. The molecule has 0 bridgehead atoms. The molecule has 0 heterocycles. The number of anilines is 1. The van der Waals surface area contributed by atoms with Crippen LogP contribution in [0.1, 0.15) is 16.7 Å². The Kier molecular flexibility index (Phi) is 5.86. The zero-order valence-corrected chi connectivity index (χ0v) is 15.5. The molecule has 3 rings (SSSR count). The van der Waals surface area contributed by atoms with Crippen LogP contribution < -0.4 is 10.2 Å². The largest absolute Gasteiger partial charge is 0.488 e. The lowest BCUT2D eigenvalue weighted by Gasteiger charge is -2.10.